The maximum atomic E-state index is 9.39. The van der Waals surface area contributed by atoms with Gasteiger partial charge in [-0.1, -0.05) is 44.2 Å². The van der Waals surface area contributed by atoms with Gasteiger partial charge in [0.2, 0.25) is 0 Å². The molecule has 3 aromatic rings. The van der Waals surface area contributed by atoms with Crippen molar-refractivity contribution >= 4 is 16.9 Å². The fraction of sp³-hybridized carbons (Fsp3) is 0.350. The Morgan fingerprint density at radius 1 is 1.08 bits per heavy atom. The molecular weight excluding hydrogens is 328 g/mol. The lowest BCUT2D eigenvalue weighted by atomic mass is 10.2. The topological polar surface area (TPSA) is 71.4 Å². The van der Waals surface area contributed by atoms with Crippen LogP contribution in [0, 0.1) is 0 Å². The molecule has 1 N–H and O–H groups in total. The van der Waals surface area contributed by atoms with Gasteiger partial charge in [0.15, 0.2) is 11.6 Å². The van der Waals surface area contributed by atoms with E-state index in [2.05, 4.69) is 14.9 Å². The van der Waals surface area contributed by atoms with E-state index in [1.807, 2.05) is 50.2 Å². The van der Waals surface area contributed by atoms with Crippen molar-refractivity contribution in [1.29, 1.82) is 0 Å². The number of rotatable bonds is 3. The fourth-order valence-corrected chi connectivity index (χ4v) is 2.84. The highest BCUT2D eigenvalue weighted by Crippen LogP contribution is 2.27. The van der Waals surface area contributed by atoms with E-state index in [1.165, 1.54) is 0 Å². The van der Waals surface area contributed by atoms with E-state index in [0.29, 0.717) is 19.0 Å². The van der Waals surface area contributed by atoms with E-state index in [0.717, 1.165) is 41.1 Å². The van der Waals surface area contributed by atoms with Gasteiger partial charge in [-0.3, -0.25) is 4.98 Å². The Morgan fingerprint density at radius 2 is 1.81 bits per heavy atom. The second kappa shape index (κ2) is 8.69. The van der Waals surface area contributed by atoms with Crippen LogP contribution >= 0.6 is 0 Å². The molecule has 3 heterocycles. The van der Waals surface area contributed by atoms with E-state index in [-0.39, 0.29) is 6.61 Å². The van der Waals surface area contributed by atoms with Crippen molar-refractivity contribution in [2.24, 2.45) is 0 Å². The molecule has 6 heteroatoms. The van der Waals surface area contributed by atoms with Crippen LogP contribution in [0.25, 0.3) is 22.4 Å². The van der Waals surface area contributed by atoms with Crippen molar-refractivity contribution in [2.45, 2.75) is 20.5 Å². The monoisotopic (exact) mass is 352 g/mol. The molecule has 0 atom stereocenters. The van der Waals surface area contributed by atoms with Crippen molar-refractivity contribution < 1.29 is 9.84 Å². The van der Waals surface area contributed by atoms with Crippen LogP contribution < -0.4 is 4.90 Å². The number of fused-ring (bicyclic) bond motifs is 1. The first kappa shape index (κ1) is 18.2. The molecule has 0 spiro atoms. The molecule has 6 nitrogen and oxygen atoms in total. The Morgan fingerprint density at radius 3 is 2.50 bits per heavy atom. The summed E-state index contributed by atoms with van der Waals surface area (Å²) in [6.07, 6.45) is 1.68. The molecule has 1 aromatic carbocycles. The minimum atomic E-state index is -0.0551. The number of hydrogen-bond donors (Lipinski definition) is 1. The average Bonchev–Trinajstić information content (AvgIpc) is 2.75. The molecule has 0 saturated carbocycles. The van der Waals surface area contributed by atoms with Crippen LogP contribution in [-0.2, 0) is 11.3 Å². The number of nitrogens with zero attached hydrogens (tertiary/aromatic N) is 4. The van der Waals surface area contributed by atoms with Gasteiger partial charge in [0.1, 0.15) is 5.52 Å². The second-order valence-corrected chi connectivity index (χ2v) is 5.71. The molecule has 26 heavy (non-hydrogen) atoms. The van der Waals surface area contributed by atoms with Gasteiger partial charge in [-0.25, -0.2) is 9.97 Å². The standard InChI is InChI=1S/C18H18N4O2.C2H6/c23-12-13-10-15-16(19-11-13)18(22-6-8-24-9-7-22)21-17(20-15)14-4-2-1-3-5-14;1-2/h1-5,10-11,23H,6-9,12H2;1-2H3. The molecule has 1 saturated heterocycles. The van der Waals surface area contributed by atoms with Crippen molar-refractivity contribution in [1.82, 2.24) is 15.0 Å². The molecule has 1 aliphatic rings. The molecule has 2 aromatic heterocycles. The molecule has 0 aliphatic carbocycles. The highest BCUT2D eigenvalue weighted by Gasteiger charge is 2.19. The summed E-state index contributed by atoms with van der Waals surface area (Å²) in [4.78, 5) is 16.1. The lowest BCUT2D eigenvalue weighted by Gasteiger charge is -2.28. The number of anilines is 1. The molecule has 0 bridgehead atoms. The normalized spacial score (nSPS) is 14.0. The quantitative estimate of drug-likeness (QED) is 0.781. The molecular formula is C20H24N4O2. The summed E-state index contributed by atoms with van der Waals surface area (Å²) in [5.74, 6) is 1.49. The van der Waals surface area contributed by atoms with Gasteiger partial charge >= 0.3 is 0 Å². The van der Waals surface area contributed by atoms with Gasteiger partial charge < -0.3 is 14.7 Å². The number of pyridine rings is 1. The molecule has 1 aliphatic heterocycles. The lowest BCUT2D eigenvalue weighted by molar-refractivity contribution is 0.122. The van der Waals surface area contributed by atoms with E-state index >= 15 is 0 Å². The summed E-state index contributed by atoms with van der Waals surface area (Å²) < 4.78 is 5.45. The number of aromatic nitrogens is 3. The molecule has 1 fully saturated rings. The van der Waals surface area contributed by atoms with E-state index < -0.39 is 0 Å². The van der Waals surface area contributed by atoms with Gasteiger partial charge in [-0.2, -0.15) is 0 Å². The predicted octanol–water partition coefficient (Wildman–Crippen LogP) is 3.05. The van der Waals surface area contributed by atoms with Gasteiger partial charge in [0.05, 0.1) is 25.3 Å². The number of benzene rings is 1. The number of morpholine rings is 1. The van der Waals surface area contributed by atoms with Crippen molar-refractivity contribution in [3.63, 3.8) is 0 Å². The Bertz CT molecular complexity index is 849. The second-order valence-electron chi connectivity index (χ2n) is 5.71. The summed E-state index contributed by atoms with van der Waals surface area (Å²) in [6.45, 7) is 6.87. The van der Waals surface area contributed by atoms with Crippen LogP contribution in [-0.4, -0.2) is 46.4 Å². The summed E-state index contributed by atoms with van der Waals surface area (Å²) in [5, 5.41) is 9.39. The molecule has 4 rings (SSSR count). The first-order valence-corrected chi connectivity index (χ1v) is 9.01. The van der Waals surface area contributed by atoms with Crippen molar-refractivity contribution in [3.8, 4) is 11.4 Å². The Hall–Kier alpha value is -2.57. The zero-order valence-electron chi connectivity index (χ0n) is 15.2. The molecule has 0 amide bonds. The maximum absolute atomic E-state index is 9.39. The van der Waals surface area contributed by atoms with Crippen molar-refractivity contribution in [3.05, 3.63) is 48.2 Å². The Kier molecular flexibility index (Phi) is 6.09. The lowest BCUT2D eigenvalue weighted by Crippen LogP contribution is -2.37. The summed E-state index contributed by atoms with van der Waals surface area (Å²) in [7, 11) is 0. The summed E-state index contributed by atoms with van der Waals surface area (Å²) in [5.41, 5.74) is 3.21. The van der Waals surface area contributed by atoms with Crippen molar-refractivity contribution in [2.75, 3.05) is 31.2 Å². The highest BCUT2D eigenvalue weighted by atomic mass is 16.5. The SMILES string of the molecule is CC.OCc1cnc2c(N3CCOCC3)nc(-c3ccccc3)nc2c1. The number of aliphatic hydroxyl groups excluding tert-OH is 1. The van der Waals surface area contributed by atoms with Gasteiger partial charge in [0, 0.05) is 24.8 Å². The summed E-state index contributed by atoms with van der Waals surface area (Å²) in [6, 6.07) is 11.8. The zero-order chi connectivity index (χ0) is 18.4. The van der Waals surface area contributed by atoms with Gasteiger partial charge in [-0.15, -0.1) is 0 Å². The van der Waals surface area contributed by atoms with Gasteiger partial charge in [-0.05, 0) is 11.6 Å². The van der Waals surface area contributed by atoms with Crippen LogP contribution in [0.15, 0.2) is 42.6 Å². The molecule has 136 valence electrons. The van der Waals surface area contributed by atoms with E-state index in [1.54, 1.807) is 6.20 Å². The minimum Gasteiger partial charge on any atom is -0.392 e. The third-order valence-electron chi connectivity index (χ3n) is 4.10. The first-order valence-electron chi connectivity index (χ1n) is 9.01. The molecule has 0 unspecified atom stereocenters. The van der Waals surface area contributed by atoms with Crippen LogP contribution in [0.1, 0.15) is 19.4 Å². The third kappa shape index (κ3) is 3.81. The smallest absolute Gasteiger partial charge is 0.162 e. The van der Waals surface area contributed by atoms with E-state index in [9.17, 15) is 5.11 Å². The zero-order valence-corrected chi connectivity index (χ0v) is 15.2. The number of ether oxygens (including phenoxy) is 1. The molecule has 0 radical (unpaired) electrons. The third-order valence-corrected chi connectivity index (χ3v) is 4.10. The van der Waals surface area contributed by atoms with Crippen LogP contribution in [0.4, 0.5) is 5.82 Å². The van der Waals surface area contributed by atoms with Crippen LogP contribution in [0.5, 0.6) is 0 Å². The van der Waals surface area contributed by atoms with Crippen LogP contribution in [0.3, 0.4) is 0 Å². The number of aliphatic hydroxyl groups is 1. The minimum absolute atomic E-state index is 0.0551. The maximum Gasteiger partial charge on any atom is 0.162 e. The highest BCUT2D eigenvalue weighted by molar-refractivity contribution is 5.87. The first-order chi connectivity index (χ1) is 12.8. The summed E-state index contributed by atoms with van der Waals surface area (Å²) >= 11 is 0. The van der Waals surface area contributed by atoms with Gasteiger partial charge in [0.25, 0.3) is 0 Å². The predicted molar refractivity (Wildman–Crippen MR) is 103 cm³/mol. The Labute approximate surface area is 153 Å². The Balaban J connectivity index is 0.000000948. The fourth-order valence-electron chi connectivity index (χ4n) is 2.84. The van der Waals surface area contributed by atoms with Crippen LogP contribution in [0.2, 0.25) is 0 Å². The largest absolute Gasteiger partial charge is 0.392 e. The average molecular weight is 352 g/mol. The number of hydrogen-bond acceptors (Lipinski definition) is 6. The van der Waals surface area contributed by atoms with E-state index in [4.69, 9.17) is 9.72 Å².